The quantitative estimate of drug-likeness (QED) is 0.696. The van der Waals surface area contributed by atoms with E-state index in [-0.39, 0.29) is 0 Å². The smallest absolute Gasteiger partial charge is 0.328 e. The molecule has 5 nitrogen and oxygen atoms in total. The number of carbonyl (C=O) groups excluding carboxylic acids is 1. The van der Waals surface area contributed by atoms with Crippen molar-refractivity contribution < 1.29 is 14.7 Å². The van der Waals surface area contributed by atoms with Gasteiger partial charge in [-0.25, -0.2) is 4.79 Å². The molecule has 1 atom stereocenters. The average molecular weight is 182 g/mol. The van der Waals surface area contributed by atoms with E-state index in [2.05, 4.69) is 5.10 Å². The van der Waals surface area contributed by atoms with E-state index in [1.807, 2.05) is 0 Å². The lowest BCUT2D eigenvalue weighted by molar-refractivity contribution is -0.140. The van der Waals surface area contributed by atoms with E-state index in [9.17, 15) is 9.59 Å². The van der Waals surface area contributed by atoms with Gasteiger partial charge < -0.3 is 5.11 Å². The molecule has 1 unspecified atom stereocenters. The zero-order valence-corrected chi connectivity index (χ0v) is 7.39. The number of carboxylic acids is 1. The summed E-state index contributed by atoms with van der Waals surface area (Å²) in [5, 5.41) is 12.6. The predicted molar refractivity (Wildman–Crippen MR) is 44.7 cm³/mol. The Labute approximate surface area is 75.0 Å². The Hall–Kier alpha value is -1.65. The highest BCUT2D eigenvalue weighted by atomic mass is 16.4. The van der Waals surface area contributed by atoms with Gasteiger partial charge in [-0.15, -0.1) is 0 Å². The fraction of sp³-hybridized carbons (Fsp3) is 0.375. The van der Waals surface area contributed by atoms with Crippen LogP contribution in [0.15, 0.2) is 6.20 Å². The maximum Gasteiger partial charge on any atom is 0.328 e. The molecule has 1 heterocycles. The molecule has 0 amide bonds. The monoisotopic (exact) mass is 182 g/mol. The fourth-order valence-corrected chi connectivity index (χ4v) is 0.923. The number of rotatable bonds is 3. The van der Waals surface area contributed by atoms with Crippen LogP contribution in [0.1, 0.15) is 29.0 Å². The number of carbonyl (C=O) groups is 2. The molecular formula is C8H10N2O3. The summed E-state index contributed by atoms with van der Waals surface area (Å²) in [5.41, 5.74) is 0.969. The van der Waals surface area contributed by atoms with E-state index in [0.29, 0.717) is 17.5 Å². The maximum atomic E-state index is 10.6. The minimum atomic E-state index is -0.972. The van der Waals surface area contributed by atoms with Gasteiger partial charge in [-0.1, -0.05) is 0 Å². The molecule has 0 aliphatic carbocycles. The van der Waals surface area contributed by atoms with E-state index in [1.54, 1.807) is 6.92 Å². The fourth-order valence-electron chi connectivity index (χ4n) is 0.923. The first-order chi connectivity index (χ1) is 6.06. The summed E-state index contributed by atoms with van der Waals surface area (Å²) in [6, 6.07) is -0.743. The number of carboxylic acid groups (broad SMARTS) is 1. The van der Waals surface area contributed by atoms with Gasteiger partial charge in [0, 0.05) is 6.20 Å². The largest absolute Gasteiger partial charge is 0.480 e. The van der Waals surface area contributed by atoms with Crippen molar-refractivity contribution in [1.82, 2.24) is 9.78 Å². The topological polar surface area (TPSA) is 72.2 Å². The molecule has 5 heteroatoms. The van der Waals surface area contributed by atoms with Gasteiger partial charge in [-0.05, 0) is 13.8 Å². The lowest BCUT2D eigenvalue weighted by Gasteiger charge is -2.04. The lowest BCUT2D eigenvalue weighted by atomic mass is 10.3. The van der Waals surface area contributed by atoms with Crippen molar-refractivity contribution in [3.63, 3.8) is 0 Å². The first kappa shape index (κ1) is 9.44. The van der Waals surface area contributed by atoms with Crippen LogP contribution in [0.25, 0.3) is 0 Å². The first-order valence-corrected chi connectivity index (χ1v) is 3.80. The SMILES string of the molecule is Cc1nn(C(C)C(=O)O)cc1C=O. The molecule has 0 aromatic carbocycles. The van der Waals surface area contributed by atoms with Gasteiger partial charge in [0.2, 0.25) is 0 Å². The molecule has 0 bridgehead atoms. The summed E-state index contributed by atoms with van der Waals surface area (Å²) in [6.45, 7) is 3.16. The number of aldehydes is 1. The molecule has 1 rings (SSSR count). The highest BCUT2D eigenvalue weighted by molar-refractivity contribution is 5.76. The van der Waals surface area contributed by atoms with Gasteiger partial charge in [-0.3, -0.25) is 9.48 Å². The zero-order valence-electron chi connectivity index (χ0n) is 7.39. The van der Waals surface area contributed by atoms with Crippen molar-refractivity contribution in [1.29, 1.82) is 0 Å². The van der Waals surface area contributed by atoms with Gasteiger partial charge in [-0.2, -0.15) is 5.10 Å². The molecule has 1 aromatic heterocycles. The van der Waals surface area contributed by atoms with Gasteiger partial charge >= 0.3 is 5.97 Å². The second kappa shape index (κ2) is 3.38. The molecular weight excluding hydrogens is 172 g/mol. The second-order valence-corrected chi connectivity index (χ2v) is 2.78. The third-order valence-electron chi connectivity index (χ3n) is 1.84. The van der Waals surface area contributed by atoms with Crippen LogP contribution in [0.3, 0.4) is 0 Å². The number of aliphatic carboxylic acids is 1. The van der Waals surface area contributed by atoms with Gasteiger partial charge in [0.05, 0.1) is 11.3 Å². The molecule has 0 saturated carbocycles. The standard InChI is InChI=1S/C8H10N2O3/c1-5-7(4-11)3-10(9-5)6(2)8(12)13/h3-4,6H,1-2H3,(H,12,13). The van der Waals surface area contributed by atoms with Crippen LogP contribution < -0.4 is 0 Å². The van der Waals surface area contributed by atoms with Crippen LogP contribution in [0.4, 0.5) is 0 Å². The van der Waals surface area contributed by atoms with Gasteiger partial charge in [0.25, 0.3) is 0 Å². The van der Waals surface area contributed by atoms with E-state index in [4.69, 9.17) is 5.11 Å². The van der Waals surface area contributed by atoms with Crippen LogP contribution >= 0.6 is 0 Å². The molecule has 0 aliphatic rings. The number of aromatic nitrogens is 2. The van der Waals surface area contributed by atoms with Crippen LogP contribution in [0.5, 0.6) is 0 Å². The Balaban J connectivity index is 3.03. The number of hydrogen-bond acceptors (Lipinski definition) is 3. The number of aryl methyl sites for hydroxylation is 1. The zero-order chi connectivity index (χ0) is 10.0. The Morgan fingerprint density at radius 1 is 1.77 bits per heavy atom. The predicted octanol–water partition coefficient (Wildman–Crippen LogP) is 0.650. The van der Waals surface area contributed by atoms with Crippen molar-refractivity contribution in [2.24, 2.45) is 0 Å². The molecule has 0 radical (unpaired) electrons. The summed E-state index contributed by atoms with van der Waals surface area (Å²) in [6.07, 6.45) is 2.09. The van der Waals surface area contributed by atoms with Crippen molar-refractivity contribution in [3.8, 4) is 0 Å². The minimum Gasteiger partial charge on any atom is -0.480 e. The Morgan fingerprint density at radius 3 is 2.77 bits per heavy atom. The summed E-state index contributed by atoms with van der Waals surface area (Å²) in [5.74, 6) is -0.972. The molecule has 1 N–H and O–H groups in total. The van der Waals surface area contributed by atoms with E-state index in [1.165, 1.54) is 17.8 Å². The van der Waals surface area contributed by atoms with E-state index in [0.717, 1.165) is 0 Å². The van der Waals surface area contributed by atoms with Crippen LogP contribution in [-0.2, 0) is 4.79 Å². The van der Waals surface area contributed by atoms with Gasteiger partial charge in [0.1, 0.15) is 6.04 Å². The van der Waals surface area contributed by atoms with Crippen LogP contribution in [0, 0.1) is 6.92 Å². The molecule has 0 saturated heterocycles. The summed E-state index contributed by atoms with van der Waals surface area (Å²) >= 11 is 0. The first-order valence-electron chi connectivity index (χ1n) is 3.80. The third kappa shape index (κ3) is 1.74. The third-order valence-corrected chi connectivity index (χ3v) is 1.84. The molecule has 13 heavy (non-hydrogen) atoms. The molecule has 1 aromatic rings. The summed E-state index contributed by atoms with van der Waals surface area (Å²) in [7, 11) is 0. The Kier molecular flexibility index (Phi) is 2.46. The second-order valence-electron chi connectivity index (χ2n) is 2.78. The highest BCUT2D eigenvalue weighted by Crippen LogP contribution is 2.08. The van der Waals surface area contributed by atoms with Crippen molar-refractivity contribution >= 4 is 12.3 Å². The summed E-state index contributed by atoms with van der Waals surface area (Å²) in [4.78, 5) is 21.0. The maximum absolute atomic E-state index is 10.6. The number of hydrogen-bond donors (Lipinski definition) is 1. The van der Waals surface area contributed by atoms with E-state index < -0.39 is 12.0 Å². The highest BCUT2D eigenvalue weighted by Gasteiger charge is 2.15. The molecule has 0 aliphatic heterocycles. The molecule has 70 valence electrons. The minimum absolute atomic E-state index is 0.424. The Morgan fingerprint density at radius 2 is 2.38 bits per heavy atom. The summed E-state index contributed by atoms with van der Waals surface area (Å²) < 4.78 is 1.27. The average Bonchev–Trinajstić information content (AvgIpc) is 2.45. The van der Waals surface area contributed by atoms with Crippen LogP contribution in [0.2, 0.25) is 0 Å². The lowest BCUT2D eigenvalue weighted by Crippen LogP contribution is -2.15. The van der Waals surface area contributed by atoms with Crippen molar-refractivity contribution in [2.75, 3.05) is 0 Å². The van der Waals surface area contributed by atoms with Crippen molar-refractivity contribution in [2.45, 2.75) is 19.9 Å². The molecule has 0 fully saturated rings. The van der Waals surface area contributed by atoms with E-state index >= 15 is 0 Å². The van der Waals surface area contributed by atoms with Gasteiger partial charge in [0.15, 0.2) is 6.29 Å². The Bertz CT molecular complexity index is 343. The van der Waals surface area contributed by atoms with Crippen molar-refractivity contribution in [3.05, 3.63) is 17.5 Å². The normalized spacial score (nSPS) is 12.5. The van der Waals surface area contributed by atoms with Crippen LogP contribution in [-0.4, -0.2) is 27.1 Å². The molecule has 0 spiro atoms. The number of nitrogens with zero attached hydrogens (tertiary/aromatic N) is 2.